The molecule has 0 aromatic heterocycles. The summed E-state index contributed by atoms with van der Waals surface area (Å²) in [6, 6.07) is 13.3. The van der Waals surface area contributed by atoms with Gasteiger partial charge in [-0.3, -0.25) is 14.5 Å². The monoisotopic (exact) mass is 517 g/mol. The van der Waals surface area contributed by atoms with Gasteiger partial charge in [-0.15, -0.1) is 0 Å². The molecule has 0 aliphatic carbocycles. The SMILES string of the molecule is COc1ccc([C@H]2C(=C(O)c3ccc(Cl)cc3)C(=O)C(=O)N2c2cccc(C(F)(F)F)c2)cc1OC. The van der Waals surface area contributed by atoms with Crippen molar-refractivity contribution in [3.63, 3.8) is 0 Å². The normalized spacial score (nSPS) is 17.4. The molecule has 1 amide bonds. The Morgan fingerprint density at radius 3 is 2.22 bits per heavy atom. The lowest BCUT2D eigenvalue weighted by Crippen LogP contribution is -2.29. The van der Waals surface area contributed by atoms with E-state index in [1.54, 1.807) is 0 Å². The maximum Gasteiger partial charge on any atom is 0.416 e. The van der Waals surface area contributed by atoms with Gasteiger partial charge in [-0.25, -0.2) is 0 Å². The average molecular weight is 518 g/mol. The third-order valence-corrected chi connectivity index (χ3v) is 5.99. The number of methoxy groups -OCH3 is 2. The van der Waals surface area contributed by atoms with Crippen molar-refractivity contribution in [3.8, 4) is 11.5 Å². The molecule has 0 spiro atoms. The summed E-state index contributed by atoms with van der Waals surface area (Å²) in [6.45, 7) is 0. The number of amides is 1. The molecule has 4 rings (SSSR count). The van der Waals surface area contributed by atoms with Crippen LogP contribution in [-0.2, 0) is 15.8 Å². The largest absolute Gasteiger partial charge is 0.507 e. The van der Waals surface area contributed by atoms with Gasteiger partial charge in [0.2, 0.25) is 0 Å². The van der Waals surface area contributed by atoms with Crippen molar-refractivity contribution < 1.29 is 37.3 Å². The molecule has 1 heterocycles. The number of anilines is 1. The van der Waals surface area contributed by atoms with E-state index in [9.17, 15) is 27.9 Å². The van der Waals surface area contributed by atoms with Crippen LogP contribution >= 0.6 is 11.6 Å². The highest BCUT2D eigenvalue weighted by Crippen LogP contribution is 2.45. The number of ether oxygens (including phenoxy) is 2. The first-order valence-corrected chi connectivity index (χ1v) is 10.9. The van der Waals surface area contributed by atoms with E-state index in [0.717, 1.165) is 23.1 Å². The van der Waals surface area contributed by atoms with Crippen molar-refractivity contribution in [1.82, 2.24) is 0 Å². The third kappa shape index (κ3) is 4.49. The number of aliphatic hydroxyl groups is 1. The van der Waals surface area contributed by atoms with E-state index >= 15 is 0 Å². The highest BCUT2D eigenvalue weighted by molar-refractivity contribution is 6.51. The summed E-state index contributed by atoms with van der Waals surface area (Å²) in [5.74, 6) is -2.03. The molecule has 6 nitrogen and oxygen atoms in total. The van der Waals surface area contributed by atoms with Crippen LogP contribution in [-0.4, -0.2) is 31.0 Å². The Balaban J connectivity index is 1.97. The lowest BCUT2D eigenvalue weighted by Gasteiger charge is -2.26. The number of hydrogen-bond acceptors (Lipinski definition) is 5. The summed E-state index contributed by atoms with van der Waals surface area (Å²) in [5, 5.41) is 11.5. The molecule has 1 aliphatic heterocycles. The molecular formula is C26H19ClF3NO5. The average Bonchev–Trinajstić information content (AvgIpc) is 3.13. The van der Waals surface area contributed by atoms with Gasteiger partial charge in [0.25, 0.3) is 11.7 Å². The lowest BCUT2D eigenvalue weighted by atomic mass is 9.94. The van der Waals surface area contributed by atoms with Crippen molar-refractivity contribution in [2.24, 2.45) is 0 Å². The molecule has 186 valence electrons. The van der Waals surface area contributed by atoms with E-state index in [1.165, 1.54) is 62.8 Å². The number of hydrogen-bond donors (Lipinski definition) is 1. The van der Waals surface area contributed by atoms with Crippen molar-refractivity contribution in [2.75, 3.05) is 19.1 Å². The molecule has 0 radical (unpaired) electrons. The second kappa shape index (κ2) is 9.58. The van der Waals surface area contributed by atoms with Crippen LogP contribution in [0, 0.1) is 0 Å². The molecule has 10 heteroatoms. The molecule has 1 atom stereocenters. The number of Topliss-reactive ketones (excluding diaryl/α,β-unsaturated/α-hetero) is 1. The molecular weight excluding hydrogens is 499 g/mol. The number of ketones is 1. The lowest BCUT2D eigenvalue weighted by molar-refractivity contribution is -0.137. The van der Waals surface area contributed by atoms with Crippen molar-refractivity contribution in [1.29, 1.82) is 0 Å². The maximum atomic E-state index is 13.4. The van der Waals surface area contributed by atoms with Crippen LogP contribution in [0.1, 0.15) is 22.7 Å². The van der Waals surface area contributed by atoms with Crippen LogP contribution in [0.4, 0.5) is 18.9 Å². The van der Waals surface area contributed by atoms with Crippen LogP contribution in [0.5, 0.6) is 11.5 Å². The Kier molecular flexibility index (Phi) is 6.69. The Labute approximate surface area is 209 Å². The summed E-state index contributed by atoms with van der Waals surface area (Å²) in [5.41, 5.74) is -0.953. The van der Waals surface area contributed by atoms with Gasteiger partial charge in [-0.2, -0.15) is 13.2 Å². The van der Waals surface area contributed by atoms with E-state index in [0.29, 0.717) is 16.3 Å². The molecule has 3 aromatic carbocycles. The summed E-state index contributed by atoms with van der Waals surface area (Å²) >= 11 is 5.92. The minimum atomic E-state index is -4.67. The predicted molar refractivity (Wildman–Crippen MR) is 127 cm³/mol. The number of halogens is 4. The second-order valence-electron chi connectivity index (χ2n) is 7.84. The number of benzene rings is 3. The van der Waals surface area contributed by atoms with Gasteiger partial charge in [0.1, 0.15) is 5.76 Å². The van der Waals surface area contributed by atoms with Crippen LogP contribution in [0.15, 0.2) is 72.3 Å². The van der Waals surface area contributed by atoms with Gasteiger partial charge in [-0.1, -0.05) is 23.7 Å². The summed E-state index contributed by atoms with van der Waals surface area (Å²) < 4.78 is 50.9. The Morgan fingerprint density at radius 2 is 1.61 bits per heavy atom. The number of carbonyl (C=O) groups is 2. The number of carbonyl (C=O) groups excluding carboxylic acids is 2. The smallest absolute Gasteiger partial charge is 0.416 e. The first-order chi connectivity index (χ1) is 17.1. The minimum Gasteiger partial charge on any atom is -0.507 e. The van der Waals surface area contributed by atoms with Crippen molar-refractivity contribution in [2.45, 2.75) is 12.2 Å². The first-order valence-electron chi connectivity index (χ1n) is 10.5. The number of nitrogens with zero attached hydrogens (tertiary/aromatic N) is 1. The standard InChI is InChI=1S/C26H19ClF3NO5/c1-35-19-11-8-15(12-20(19)36-2)22-21(23(32)14-6-9-17(27)10-7-14)24(33)25(34)31(22)18-5-3-4-16(13-18)26(28,29)30/h3-13,22,32H,1-2H3/t22-/m0/s1. The Bertz CT molecular complexity index is 1370. The minimum absolute atomic E-state index is 0.165. The fourth-order valence-corrected chi connectivity index (χ4v) is 4.16. The third-order valence-electron chi connectivity index (χ3n) is 5.74. The zero-order valence-electron chi connectivity index (χ0n) is 19.0. The van der Waals surface area contributed by atoms with E-state index < -0.39 is 35.2 Å². The van der Waals surface area contributed by atoms with E-state index in [-0.39, 0.29) is 22.6 Å². The van der Waals surface area contributed by atoms with E-state index in [2.05, 4.69) is 0 Å². The Hall–Kier alpha value is -3.98. The highest BCUT2D eigenvalue weighted by atomic mass is 35.5. The predicted octanol–water partition coefficient (Wildman–Crippen LogP) is 6.00. The second-order valence-corrected chi connectivity index (χ2v) is 8.27. The molecule has 1 aliphatic rings. The van der Waals surface area contributed by atoms with Gasteiger partial charge in [0.15, 0.2) is 11.5 Å². The van der Waals surface area contributed by atoms with Crippen LogP contribution in [0.2, 0.25) is 5.02 Å². The highest BCUT2D eigenvalue weighted by Gasteiger charge is 2.47. The molecule has 3 aromatic rings. The molecule has 1 saturated heterocycles. The summed E-state index contributed by atoms with van der Waals surface area (Å²) in [4.78, 5) is 27.3. The van der Waals surface area contributed by atoms with Crippen LogP contribution in [0.3, 0.4) is 0 Å². The summed E-state index contributed by atoms with van der Waals surface area (Å²) in [7, 11) is 2.81. The van der Waals surface area contributed by atoms with E-state index in [4.69, 9.17) is 21.1 Å². The number of alkyl halides is 3. The molecule has 0 saturated carbocycles. The molecule has 0 unspecified atom stereocenters. The molecule has 36 heavy (non-hydrogen) atoms. The maximum absolute atomic E-state index is 13.4. The van der Waals surface area contributed by atoms with Gasteiger partial charge >= 0.3 is 6.18 Å². The number of rotatable bonds is 5. The summed E-state index contributed by atoms with van der Waals surface area (Å²) in [6.07, 6.45) is -4.67. The Morgan fingerprint density at radius 1 is 0.944 bits per heavy atom. The zero-order chi connectivity index (χ0) is 26.2. The topological polar surface area (TPSA) is 76.1 Å². The zero-order valence-corrected chi connectivity index (χ0v) is 19.7. The van der Waals surface area contributed by atoms with Crippen molar-refractivity contribution in [3.05, 3.63) is 94.0 Å². The van der Waals surface area contributed by atoms with Crippen molar-refractivity contribution >= 4 is 34.7 Å². The van der Waals surface area contributed by atoms with Gasteiger partial charge in [-0.05, 0) is 60.2 Å². The van der Waals surface area contributed by atoms with Gasteiger partial charge in [0, 0.05) is 16.3 Å². The van der Waals surface area contributed by atoms with Gasteiger partial charge in [0.05, 0.1) is 31.4 Å². The molecule has 1 N–H and O–H groups in total. The quantitative estimate of drug-likeness (QED) is 0.255. The van der Waals surface area contributed by atoms with E-state index in [1.807, 2.05) is 0 Å². The molecule has 0 bridgehead atoms. The van der Waals surface area contributed by atoms with Crippen LogP contribution in [0.25, 0.3) is 5.76 Å². The van der Waals surface area contributed by atoms with Gasteiger partial charge < -0.3 is 14.6 Å². The van der Waals surface area contributed by atoms with Crippen LogP contribution < -0.4 is 14.4 Å². The fraction of sp³-hybridized carbons (Fsp3) is 0.154. The first kappa shape index (κ1) is 25.1. The fourth-order valence-electron chi connectivity index (χ4n) is 4.03. The number of aliphatic hydroxyl groups excluding tert-OH is 1. The molecule has 1 fully saturated rings.